The second-order valence-electron chi connectivity index (χ2n) is 6.24. The first-order valence-electron chi connectivity index (χ1n) is 7.50. The number of sulfone groups is 1. The topological polar surface area (TPSA) is 92.3 Å². The molecule has 0 radical (unpaired) electrons. The molecule has 1 aliphatic carbocycles. The van der Waals surface area contributed by atoms with Crippen molar-refractivity contribution in [1.82, 2.24) is 5.32 Å². The van der Waals surface area contributed by atoms with Crippen molar-refractivity contribution in [1.29, 1.82) is 0 Å². The molecule has 2 N–H and O–H groups in total. The molecule has 6 nitrogen and oxygen atoms in total. The fraction of sp³-hybridized carbons (Fsp3) is 0.467. The molecule has 24 heavy (non-hydrogen) atoms. The van der Waals surface area contributed by atoms with Crippen molar-refractivity contribution in [3.8, 4) is 0 Å². The Hall–Kier alpha value is -2.03. The lowest BCUT2D eigenvalue weighted by molar-refractivity contribution is -0.134. The van der Waals surface area contributed by atoms with Crippen LogP contribution in [0.5, 0.6) is 0 Å². The van der Waals surface area contributed by atoms with E-state index < -0.39 is 44.7 Å². The molecule has 0 aromatic heterocycles. The van der Waals surface area contributed by atoms with Crippen molar-refractivity contribution >= 4 is 27.3 Å². The van der Waals surface area contributed by atoms with E-state index in [1.165, 1.54) is 6.07 Å². The zero-order chi connectivity index (χ0) is 17.5. The molecule has 3 rings (SSSR count). The number of nitrogens with one attached hydrogen (secondary N) is 2. The molecule has 9 heteroatoms. The minimum atomic E-state index is -3.14. The Morgan fingerprint density at radius 3 is 2.38 bits per heavy atom. The zero-order valence-corrected chi connectivity index (χ0v) is 13.5. The van der Waals surface area contributed by atoms with E-state index in [-0.39, 0.29) is 17.2 Å². The summed E-state index contributed by atoms with van der Waals surface area (Å²) in [6.45, 7) is 0. The first kappa shape index (κ1) is 16.8. The van der Waals surface area contributed by atoms with E-state index in [9.17, 15) is 26.8 Å². The van der Waals surface area contributed by atoms with Crippen LogP contribution in [0.1, 0.15) is 19.3 Å². The van der Waals surface area contributed by atoms with E-state index in [4.69, 9.17) is 0 Å². The van der Waals surface area contributed by atoms with Crippen LogP contribution in [-0.2, 0) is 19.4 Å². The monoisotopic (exact) mass is 358 g/mol. The molecule has 2 aliphatic rings. The number of amides is 2. The van der Waals surface area contributed by atoms with Crippen molar-refractivity contribution in [2.45, 2.75) is 25.3 Å². The number of carbonyl (C=O) groups is 2. The quantitative estimate of drug-likeness (QED) is 0.785. The van der Waals surface area contributed by atoms with Crippen LogP contribution in [0.15, 0.2) is 18.2 Å². The van der Waals surface area contributed by atoms with Crippen LogP contribution >= 0.6 is 0 Å². The maximum absolute atomic E-state index is 13.2. The minimum Gasteiger partial charge on any atom is -0.351 e. The number of hydrogen-bond acceptors (Lipinski definition) is 4. The highest BCUT2D eigenvalue weighted by Gasteiger charge is 2.57. The molecular weight excluding hydrogens is 342 g/mol. The van der Waals surface area contributed by atoms with Gasteiger partial charge in [-0.05, 0) is 31.4 Å². The van der Waals surface area contributed by atoms with Gasteiger partial charge in [0.05, 0.1) is 11.5 Å². The molecule has 1 heterocycles. The predicted octanol–water partition coefficient (Wildman–Crippen LogP) is 0.987. The molecule has 130 valence electrons. The zero-order valence-electron chi connectivity index (χ0n) is 12.6. The molecule has 1 atom stereocenters. The summed E-state index contributed by atoms with van der Waals surface area (Å²) in [6, 6.07) is 2.43. The highest BCUT2D eigenvalue weighted by atomic mass is 32.2. The molecule has 0 spiro atoms. The SMILES string of the molecule is O=C(Nc1ccc(F)c(F)c1)C1(C(=O)NC2CCS(=O)(=O)C2)CC1. The third-order valence-corrected chi connectivity index (χ3v) is 6.13. The first-order chi connectivity index (χ1) is 11.2. The number of benzene rings is 1. The standard InChI is InChI=1S/C15H16F2N2O4S/c16-11-2-1-9(7-12(11)17)18-13(20)15(4-5-15)14(21)19-10-3-6-24(22,23)8-10/h1-2,7,10H,3-6,8H2,(H,18,20)(H,19,21). The molecule has 1 unspecified atom stereocenters. The molecule has 1 aliphatic heterocycles. The third-order valence-electron chi connectivity index (χ3n) is 4.36. The van der Waals surface area contributed by atoms with Gasteiger partial charge in [0.25, 0.3) is 0 Å². The van der Waals surface area contributed by atoms with E-state index in [1.807, 2.05) is 0 Å². The number of halogens is 2. The highest BCUT2D eigenvalue weighted by Crippen LogP contribution is 2.47. The van der Waals surface area contributed by atoms with Crippen molar-refractivity contribution in [2.75, 3.05) is 16.8 Å². The Kier molecular flexibility index (Phi) is 4.06. The maximum atomic E-state index is 13.2. The van der Waals surface area contributed by atoms with E-state index in [0.29, 0.717) is 19.3 Å². The molecule has 1 saturated carbocycles. The van der Waals surface area contributed by atoms with Gasteiger partial charge in [-0.25, -0.2) is 17.2 Å². The summed E-state index contributed by atoms with van der Waals surface area (Å²) in [4.78, 5) is 24.7. The van der Waals surface area contributed by atoms with Gasteiger partial charge in [-0.1, -0.05) is 0 Å². The Bertz CT molecular complexity index is 806. The van der Waals surface area contributed by atoms with Gasteiger partial charge in [-0.2, -0.15) is 0 Å². The van der Waals surface area contributed by atoms with Crippen molar-refractivity contribution < 1.29 is 26.8 Å². The molecule has 2 fully saturated rings. The van der Waals surface area contributed by atoms with Crippen molar-refractivity contribution in [3.63, 3.8) is 0 Å². The molecule has 2 amide bonds. The van der Waals surface area contributed by atoms with Gasteiger partial charge < -0.3 is 10.6 Å². The fourth-order valence-electron chi connectivity index (χ4n) is 2.74. The van der Waals surface area contributed by atoms with Gasteiger partial charge in [0.1, 0.15) is 5.41 Å². The Morgan fingerprint density at radius 1 is 1.12 bits per heavy atom. The van der Waals surface area contributed by atoms with Crippen LogP contribution < -0.4 is 10.6 Å². The minimum absolute atomic E-state index is 0.0198. The summed E-state index contributed by atoms with van der Waals surface area (Å²) in [5.74, 6) is -3.37. The van der Waals surface area contributed by atoms with Gasteiger partial charge in [-0.15, -0.1) is 0 Å². The lowest BCUT2D eigenvalue weighted by Gasteiger charge is -2.18. The van der Waals surface area contributed by atoms with Crippen LogP contribution in [0.2, 0.25) is 0 Å². The summed E-state index contributed by atoms with van der Waals surface area (Å²) < 4.78 is 48.9. The summed E-state index contributed by atoms with van der Waals surface area (Å²) in [7, 11) is -3.14. The molecule has 1 aromatic rings. The summed E-state index contributed by atoms with van der Waals surface area (Å²) in [5.41, 5.74) is -1.21. The normalized spacial score (nSPS) is 23.5. The average molecular weight is 358 g/mol. The van der Waals surface area contributed by atoms with E-state index in [0.717, 1.165) is 12.1 Å². The first-order valence-corrected chi connectivity index (χ1v) is 9.32. The van der Waals surface area contributed by atoms with Crippen molar-refractivity contribution in [3.05, 3.63) is 29.8 Å². The van der Waals surface area contributed by atoms with Gasteiger partial charge in [0.2, 0.25) is 11.8 Å². The molecular formula is C15H16F2N2O4S. The van der Waals surface area contributed by atoms with Gasteiger partial charge in [-0.3, -0.25) is 9.59 Å². The second-order valence-corrected chi connectivity index (χ2v) is 8.47. The van der Waals surface area contributed by atoms with Gasteiger partial charge >= 0.3 is 0 Å². The van der Waals surface area contributed by atoms with E-state index in [1.54, 1.807) is 0 Å². The van der Waals surface area contributed by atoms with E-state index in [2.05, 4.69) is 10.6 Å². The smallest absolute Gasteiger partial charge is 0.240 e. The lowest BCUT2D eigenvalue weighted by Crippen LogP contribution is -2.45. The van der Waals surface area contributed by atoms with Gasteiger partial charge in [0, 0.05) is 17.8 Å². The summed E-state index contributed by atoms with van der Waals surface area (Å²) in [5, 5.41) is 5.02. The molecule has 1 saturated heterocycles. The number of anilines is 1. The van der Waals surface area contributed by atoms with Crippen molar-refractivity contribution in [2.24, 2.45) is 5.41 Å². The molecule has 1 aromatic carbocycles. The van der Waals surface area contributed by atoms with E-state index >= 15 is 0 Å². The van der Waals surface area contributed by atoms with Crippen LogP contribution in [0.3, 0.4) is 0 Å². The van der Waals surface area contributed by atoms with Crippen LogP contribution in [0, 0.1) is 17.0 Å². The lowest BCUT2D eigenvalue weighted by atomic mass is 10.0. The van der Waals surface area contributed by atoms with Crippen LogP contribution in [0.25, 0.3) is 0 Å². The fourth-order valence-corrected chi connectivity index (χ4v) is 4.41. The maximum Gasteiger partial charge on any atom is 0.240 e. The highest BCUT2D eigenvalue weighted by molar-refractivity contribution is 7.91. The Morgan fingerprint density at radius 2 is 1.83 bits per heavy atom. The summed E-state index contributed by atoms with van der Waals surface area (Å²) in [6.07, 6.45) is 0.983. The Labute approximate surface area is 137 Å². The van der Waals surface area contributed by atoms with Crippen LogP contribution in [0.4, 0.5) is 14.5 Å². The number of rotatable bonds is 4. The second kappa shape index (κ2) is 5.80. The van der Waals surface area contributed by atoms with Crippen LogP contribution in [-0.4, -0.2) is 37.8 Å². The third kappa shape index (κ3) is 3.26. The Balaban J connectivity index is 1.65. The average Bonchev–Trinajstić information content (AvgIpc) is 3.24. The number of carbonyl (C=O) groups excluding carboxylic acids is 2. The van der Waals surface area contributed by atoms with Gasteiger partial charge in [0.15, 0.2) is 21.5 Å². The number of hydrogen-bond donors (Lipinski definition) is 2. The summed E-state index contributed by atoms with van der Waals surface area (Å²) >= 11 is 0. The largest absolute Gasteiger partial charge is 0.351 e. The molecule has 0 bridgehead atoms. The predicted molar refractivity (Wildman–Crippen MR) is 81.9 cm³/mol.